The Bertz CT molecular complexity index is 391. The summed E-state index contributed by atoms with van der Waals surface area (Å²) in [7, 11) is 0. The highest BCUT2D eigenvalue weighted by molar-refractivity contribution is 14.1. The van der Waals surface area contributed by atoms with E-state index in [0.717, 1.165) is 25.7 Å². The van der Waals surface area contributed by atoms with Gasteiger partial charge in [0.1, 0.15) is 0 Å². The van der Waals surface area contributed by atoms with Crippen LogP contribution >= 0.6 is 22.6 Å². The Morgan fingerprint density at radius 1 is 0.720 bits per heavy atom. The summed E-state index contributed by atoms with van der Waals surface area (Å²) in [6, 6.07) is 0. The van der Waals surface area contributed by atoms with Gasteiger partial charge in [-0.15, -0.1) is 0 Å². The van der Waals surface area contributed by atoms with Crippen LogP contribution in [0, 0.1) is 5.92 Å². The summed E-state index contributed by atoms with van der Waals surface area (Å²) in [4.78, 5) is 0. The molecule has 0 aliphatic heterocycles. The van der Waals surface area contributed by atoms with Gasteiger partial charge in [0.05, 0.1) is 0 Å². The average molecular weight is 500 g/mol. The Labute approximate surface area is 155 Å². The molecule has 0 rings (SSSR count). The summed E-state index contributed by atoms with van der Waals surface area (Å²) in [5.41, 5.74) is -5.67. The highest BCUT2D eigenvalue weighted by atomic mass is 127. The molecule has 0 saturated carbocycles. The van der Waals surface area contributed by atoms with E-state index < -0.39 is 33.8 Å². The molecule has 0 aromatic heterocycles. The Kier molecular flexibility index (Phi) is 9.38. The van der Waals surface area contributed by atoms with E-state index in [0.29, 0.717) is 19.8 Å². The number of hydrogen-bond donors (Lipinski definition) is 0. The zero-order chi connectivity index (χ0) is 20.1. The molecule has 0 aliphatic rings. The molecule has 0 amide bonds. The molecule has 10 heteroatoms. The SMILES string of the molecule is CCCCCCCCC(I)C(C)C(F)(C(F)(F)F)C(F)(F)C(F)(F)F. The molecule has 152 valence electrons. The quantitative estimate of drug-likeness (QED) is 0.125. The molecule has 25 heavy (non-hydrogen) atoms. The molecule has 0 nitrogen and oxygen atoms in total. The Hall–Kier alpha value is 0.1000. The van der Waals surface area contributed by atoms with Crippen molar-refractivity contribution in [2.75, 3.05) is 0 Å². The molecule has 0 radical (unpaired) electrons. The molecule has 0 spiro atoms. The Morgan fingerprint density at radius 3 is 1.56 bits per heavy atom. The van der Waals surface area contributed by atoms with Crippen molar-refractivity contribution < 1.29 is 39.5 Å². The largest absolute Gasteiger partial charge is 0.457 e. The van der Waals surface area contributed by atoms with Crippen LogP contribution in [0.15, 0.2) is 0 Å². The molecule has 0 saturated heterocycles. The maximum Gasteiger partial charge on any atom is 0.457 e. The van der Waals surface area contributed by atoms with Crippen LogP contribution in [-0.2, 0) is 0 Å². The molecule has 3 atom stereocenters. The third kappa shape index (κ3) is 5.79. The summed E-state index contributed by atoms with van der Waals surface area (Å²) < 4.78 is 116. The summed E-state index contributed by atoms with van der Waals surface area (Å²) in [5.74, 6) is -9.08. The van der Waals surface area contributed by atoms with Crippen molar-refractivity contribution in [2.24, 2.45) is 5.92 Å². The molecule has 0 aromatic rings. The minimum atomic E-state index is -6.64. The van der Waals surface area contributed by atoms with Crippen LogP contribution in [0.3, 0.4) is 0 Å². The van der Waals surface area contributed by atoms with E-state index in [2.05, 4.69) is 0 Å². The summed E-state index contributed by atoms with van der Waals surface area (Å²) >= 11 is 1.33. The Balaban J connectivity index is 5.18. The fraction of sp³-hybridized carbons (Fsp3) is 1.00. The maximum absolute atomic E-state index is 14.3. The van der Waals surface area contributed by atoms with Gasteiger partial charge >= 0.3 is 18.3 Å². The predicted molar refractivity (Wildman–Crippen MR) is 85.9 cm³/mol. The van der Waals surface area contributed by atoms with Crippen molar-refractivity contribution in [3.8, 4) is 0 Å². The maximum atomic E-state index is 14.3. The molecule has 0 fully saturated rings. The van der Waals surface area contributed by atoms with Crippen molar-refractivity contribution in [1.29, 1.82) is 0 Å². The van der Waals surface area contributed by atoms with E-state index in [9.17, 15) is 39.5 Å². The van der Waals surface area contributed by atoms with Gasteiger partial charge in [-0.2, -0.15) is 35.1 Å². The standard InChI is InChI=1S/C15H22F9I/c1-3-4-5-6-7-8-9-11(25)10(2)12(16,14(19,20)21)13(17,18)15(22,23)24/h10-11H,3-9H2,1-2H3. The molecule has 0 N–H and O–H groups in total. The first-order valence-corrected chi connectivity index (χ1v) is 9.23. The third-order valence-corrected chi connectivity index (χ3v) is 5.93. The van der Waals surface area contributed by atoms with Crippen LogP contribution in [0.5, 0.6) is 0 Å². The minimum Gasteiger partial charge on any atom is -0.226 e. The van der Waals surface area contributed by atoms with Crippen molar-refractivity contribution in [3.63, 3.8) is 0 Å². The van der Waals surface area contributed by atoms with Crippen molar-refractivity contribution in [3.05, 3.63) is 0 Å². The second-order valence-electron chi connectivity index (χ2n) is 6.14. The number of halogens is 10. The third-order valence-electron chi connectivity index (χ3n) is 4.23. The lowest BCUT2D eigenvalue weighted by Gasteiger charge is -2.41. The van der Waals surface area contributed by atoms with Crippen LogP contribution in [0.1, 0.15) is 58.8 Å². The normalized spacial score (nSPS) is 18.7. The average Bonchev–Trinajstić information content (AvgIpc) is 2.46. The summed E-state index contributed by atoms with van der Waals surface area (Å²) in [5, 5.41) is 0. The molecule has 0 aromatic carbocycles. The van der Waals surface area contributed by atoms with E-state index in [1.54, 1.807) is 0 Å². The lowest BCUT2D eigenvalue weighted by molar-refractivity contribution is -0.393. The van der Waals surface area contributed by atoms with Crippen LogP contribution in [0.2, 0.25) is 0 Å². The van der Waals surface area contributed by atoms with Crippen LogP contribution in [0.25, 0.3) is 0 Å². The molecule has 0 bridgehead atoms. The fourth-order valence-corrected chi connectivity index (χ4v) is 3.48. The zero-order valence-electron chi connectivity index (χ0n) is 13.9. The second-order valence-corrected chi connectivity index (χ2v) is 7.74. The smallest absolute Gasteiger partial charge is 0.226 e. The first-order valence-electron chi connectivity index (χ1n) is 7.98. The van der Waals surface area contributed by atoms with Crippen LogP contribution < -0.4 is 0 Å². The monoisotopic (exact) mass is 500 g/mol. The van der Waals surface area contributed by atoms with Crippen LogP contribution in [0.4, 0.5) is 39.5 Å². The van der Waals surface area contributed by atoms with E-state index in [4.69, 9.17) is 0 Å². The van der Waals surface area contributed by atoms with Crippen LogP contribution in [-0.4, -0.2) is 27.9 Å². The fourth-order valence-electron chi connectivity index (χ4n) is 2.55. The van der Waals surface area contributed by atoms with Gasteiger partial charge in [0.2, 0.25) is 0 Å². The van der Waals surface area contributed by atoms with Crippen molar-refractivity contribution in [1.82, 2.24) is 0 Å². The molecule has 0 heterocycles. The van der Waals surface area contributed by atoms with Gasteiger partial charge in [-0.05, 0) is 6.42 Å². The first kappa shape index (κ1) is 25.1. The van der Waals surface area contributed by atoms with E-state index in [1.165, 1.54) is 22.6 Å². The minimum absolute atomic E-state index is 0.0659. The van der Waals surface area contributed by atoms with Gasteiger partial charge in [0, 0.05) is 9.84 Å². The highest BCUT2D eigenvalue weighted by Gasteiger charge is 2.82. The van der Waals surface area contributed by atoms with E-state index >= 15 is 0 Å². The van der Waals surface area contributed by atoms with Gasteiger partial charge in [-0.1, -0.05) is 75.0 Å². The van der Waals surface area contributed by atoms with Gasteiger partial charge in [0.15, 0.2) is 0 Å². The molecular weight excluding hydrogens is 478 g/mol. The first-order chi connectivity index (χ1) is 11.1. The number of rotatable bonds is 10. The molecule has 3 unspecified atom stereocenters. The second kappa shape index (κ2) is 9.34. The number of hydrogen-bond acceptors (Lipinski definition) is 0. The van der Waals surface area contributed by atoms with E-state index in [1.807, 2.05) is 6.92 Å². The topological polar surface area (TPSA) is 0 Å². The number of unbranched alkanes of at least 4 members (excludes halogenated alkanes) is 5. The zero-order valence-corrected chi connectivity index (χ0v) is 16.0. The number of alkyl halides is 10. The summed E-state index contributed by atoms with van der Waals surface area (Å²) in [6.07, 6.45) is -8.47. The van der Waals surface area contributed by atoms with Gasteiger partial charge in [-0.25, -0.2) is 4.39 Å². The van der Waals surface area contributed by atoms with Crippen molar-refractivity contribution >= 4 is 22.6 Å². The Morgan fingerprint density at radius 2 is 1.16 bits per heavy atom. The predicted octanol–water partition coefficient (Wildman–Crippen LogP) is 7.64. The lowest BCUT2D eigenvalue weighted by atomic mass is 9.80. The lowest BCUT2D eigenvalue weighted by Crippen LogP contribution is -2.66. The van der Waals surface area contributed by atoms with Gasteiger partial charge < -0.3 is 0 Å². The summed E-state index contributed by atoms with van der Waals surface area (Å²) in [6.45, 7) is 2.45. The van der Waals surface area contributed by atoms with Gasteiger partial charge in [0.25, 0.3) is 5.67 Å². The highest BCUT2D eigenvalue weighted by Crippen LogP contribution is 2.57. The van der Waals surface area contributed by atoms with E-state index in [-0.39, 0.29) is 6.42 Å². The molecule has 0 aliphatic carbocycles. The van der Waals surface area contributed by atoms with Crippen molar-refractivity contribution in [2.45, 2.75) is 86.7 Å². The molecular formula is C15H22F9I. The van der Waals surface area contributed by atoms with Gasteiger partial charge in [-0.3, -0.25) is 0 Å².